The molecule has 8 heteroatoms. The molecular formula is C15H16N4O2S2. The van der Waals surface area contributed by atoms with Gasteiger partial charge in [0.05, 0.1) is 13.2 Å². The molecule has 1 aromatic heterocycles. The van der Waals surface area contributed by atoms with Crippen molar-refractivity contribution in [1.82, 2.24) is 10.4 Å². The van der Waals surface area contributed by atoms with Crippen LogP contribution in [0.25, 0.3) is 0 Å². The van der Waals surface area contributed by atoms with Gasteiger partial charge in [-0.3, -0.25) is 5.43 Å². The van der Waals surface area contributed by atoms with Crippen molar-refractivity contribution in [2.45, 2.75) is 17.4 Å². The van der Waals surface area contributed by atoms with Gasteiger partial charge in [0.1, 0.15) is 18.5 Å². The summed E-state index contributed by atoms with van der Waals surface area (Å²) in [5.74, 6) is 0.876. The zero-order valence-corrected chi connectivity index (χ0v) is 14.0. The number of aromatic nitrogens is 1. The van der Waals surface area contributed by atoms with E-state index < -0.39 is 0 Å². The van der Waals surface area contributed by atoms with E-state index in [4.69, 9.17) is 9.47 Å². The number of thioether (sulfide) groups is 1. The average Bonchev–Trinajstić information content (AvgIpc) is 3.30. The Morgan fingerprint density at radius 1 is 1.43 bits per heavy atom. The van der Waals surface area contributed by atoms with E-state index in [1.54, 1.807) is 29.3 Å². The van der Waals surface area contributed by atoms with E-state index >= 15 is 0 Å². The number of rotatable bonds is 4. The largest absolute Gasteiger partial charge is 0.488 e. The van der Waals surface area contributed by atoms with Crippen LogP contribution >= 0.6 is 23.1 Å². The zero-order valence-electron chi connectivity index (χ0n) is 12.3. The minimum absolute atomic E-state index is 0.164. The number of nitrogens with zero attached hydrogens (tertiary/aromatic N) is 3. The van der Waals surface area contributed by atoms with Gasteiger partial charge in [-0.15, -0.1) is 11.3 Å². The van der Waals surface area contributed by atoms with Gasteiger partial charge < -0.3 is 9.47 Å². The van der Waals surface area contributed by atoms with Gasteiger partial charge in [0.2, 0.25) is 5.13 Å². The number of nitrogens with one attached hydrogen (secondary N) is 1. The van der Waals surface area contributed by atoms with Crippen LogP contribution < -0.4 is 15.2 Å². The molecule has 0 radical (unpaired) electrons. The molecule has 6 nitrogen and oxygen atoms in total. The highest BCUT2D eigenvalue weighted by Crippen LogP contribution is 2.27. The Labute approximate surface area is 142 Å². The Morgan fingerprint density at radius 3 is 3.26 bits per heavy atom. The smallest absolute Gasteiger partial charge is 0.205 e. The summed E-state index contributed by atoms with van der Waals surface area (Å²) in [6.45, 7) is 2.03. The van der Waals surface area contributed by atoms with Crippen LogP contribution in [0.1, 0.15) is 6.42 Å². The van der Waals surface area contributed by atoms with Gasteiger partial charge in [0.15, 0.2) is 5.17 Å². The van der Waals surface area contributed by atoms with E-state index in [1.165, 1.54) is 0 Å². The van der Waals surface area contributed by atoms with Gasteiger partial charge >= 0.3 is 0 Å². The Balaban J connectivity index is 1.37. The Kier molecular flexibility index (Phi) is 4.36. The van der Waals surface area contributed by atoms with Gasteiger partial charge in [-0.05, 0) is 18.2 Å². The first-order valence-corrected chi connectivity index (χ1v) is 9.07. The molecule has 1 fully saturated rings. The molecule has 1 atom stereocenters. The van der Waals surface area contributed by atoms with Crippen molar-refractivity contribution in [3.05, 3.63) is 35.8 Å². The number of hydrazine groups is 1. The molecule has 120 valence electrons. The van der Waals surface area contributed by atoms with Gasteiger partial charge in [-0.1, -0.05) is 17.8 Å². The Hall–Kier alpha value is -1.77. The van der Waals surface area contributed by atoms with E-state index in [-0.39, 0.29) is 6.10 Å². The lowest BCUT2D eigenvalue weighted by atomic mass is 10.3. The van der Waals surface area contributed by atoms with Crippen molar-refractivity contribution in [3.63, 3.8) is 0 Å². The second-order valence-corrected chi connectivity index (χ2v) is 7.07. The van der Waals surface area contributed by atoms with E-state index in [1.807, 2.05) is 28.6 Å². The van der Waals surface area contributed by atoms with E-state index in [2.05, 4.69) is 21.5 Å². The van der Waals surface area contributed by atoms with Crippen LogP contribution in [0, 0.1) is 0 Å². The summed E-state index contributed by atoms with van der Waals surface area (Å²) in [5.41, 5.74) is 3.27. The summed E-state index contributed by atoms with van der Waals surface area (Å²) in [4.78, 5) is 9.87. The van der Waals surface area contributed by atoms with Gasteiger partial charge in [-0.2, -0.15) is 0 Å². The minimum atomic E-state index is 0.164. The highest BCUT2D eigenvalue weighted by molar-refractivity contribution is 8.13. The second-order valence-electron chi connectivity index (χ2n) is 5.14. The van der Waals surface area contributed by atoms with Crippen molar-refractivity contribution in [1.29, 1.82) is 0 Å². The summed E-state index contributed by atoms with van der Waals surface area (Å²) in [5, 5.41) is 5.67. The lowest BCUT2D eigenvalue weighted by Gasteiger charge is -2.15. The van der Waals surface area contributed by atoms with Crippen LogP contribution in [0.15, 0.2) is 45.7 Å². The quantitative estimate of drug-likeness (QED) is 0.917. The monoisotopic (exact) mass is 348 g/mol. The highest BCUT2D eigenvalue weighted by Gasteiger charge is 2.19. The van der Waals surface area contributed by atoms with Crippen LogP contribution in [-0.4, -0.2) is 36.1 Å². The molecule has 23 heavy (non-hydrogen) atoms. The summed E-state index contributed by atoms with van der Waals surface area (Å²) >= 11 is 3.17. The van der Waals surface area contributed by atoms with Gasteiger partial charge in [-0.25, -0.2) is 15.0 Å². The topological polar surface area (TPSA) is 59.0 Å². The molecule has 2 aliphatic heterocycles. The fourth-order valence-electron chi connectivity index (χ4n) is 2.35. The number of hydrogen-bond acceptors (Lipinski definition) is 8. The first kappa shape index (κ1) is 14.8. The lowest BCUT2D eigenvalue weighted by Crippen LogP contribution is -2.34. The molecule has 0 bridgehead atoms. The number of ether oxygens (including phenoxy) is 2. The SMILES string of the molecule is c1cc(OC2CCOC2)cc(SC2=NCN(c3nccs3)N2)c1. The predicted octanol–water partition coefficient (Wildman–Crippen LogP) is 2.74. The summed E-state index contributed by atoms with van der Waals surface area (Å²) < 4.78 is 11.3. The first-order chi connectivity index (χ1) is 11.4. The first-order valence-electron chi connectivity index (χ1n) is 7.37. The summed E-state index contributed by atoms with van der Waals surface area (Å²) in [6.07, 6.45) is 2.91. The maximum Gasteiger partial charge on any atom is 0.205 e. The highest BCUT2D eigenvalue weighted by atomic mass is 32.2. The molecule has 1 aromatic carbocycles. The molecule has 0 aliphatic carbocycles. The lowest BCUT2D eigenvalue weighted by molar-refractivity contribution is 0.141. The minimum Gasteiger partial charge on any atom is -0.488 e. The van der Waals surface area contributed by atoms with Crippen molar-refractivity contribution in [2.24, 2.45) is 4.99 Å². The summed E-state index contributed by atoms with van der Waals surface area (Å²) in [7, 11) is 0. The molecule has 0 spiro atoms. The van der Waals surface area contributed by atoms with Crippen LogP contribution in [0.2, 0.25) is 0 Å². The van der Waals surface area contributed by atoms with E-state index in [0.717, 1.165) is 34.0 Å². The third-order valence-corrected chi connectivity index (χ3v) is 5.14. The molecule has 0 amide bonds. The summed E-state index contributed by atoms with van der Waals surface area (Å²) in [6, 6.07) is 8.08. The molecule has 3 heterocycles. The molecule has 1 saturated heterocycles. The third-order valence-electron chi connectivity index (χ3n) is 3.45. The molecule has 1 unspecified atom stereocenters. The number of anilines is 1. The van der Waals surface area contributed by atoms with Crippen molar-refractivity contribution in [3.8, 4) is 5.75 Å². The maximum atomic E-state index is 5.94. The third kappa shape index (κ3) is 3.60. The van der Waals surface area contributed by atoms with Gasteiger partial charge in [0, 0.05) is 22.9 Å². The number of hydrogen-bond donors (Lipinski definition) is 1. The molecular weight excluding hydrogens is 332 g/mol. The standard InChI is InChI=1S/C15H16N4O2S2/c1-2-11(21-12-4-6-20-9-12)8-13(3-1)23-14-17-10-19(18-14)15-16-5-7-22-15/h1-3,5,7-8,12H,4,6,9-10H2,(H,17,18). The zero-order chi connectivity index (χ0) is 15.5. The fraction of sp³-hybridized carbons (Fsp3) is 0.333. The number of amidine groups is 1. The van der Waals surface area contributed by atoms with E-state index in [9.17, 15) is 0 Å². The number of thiazole rings is 1. The molecule has 2 aromatic rings. The normalized spacial score (nSPS) is 20.4. The number of benzene rings is 1. The maximum absolute atomic E-state index is 5.94. The fourth-order valence-corrected chi connectivity index (χ4v) is 3.77. The van der Waals surface area contributed by atoms with E-state index in [0.29, 0.717) is 13.3 Å². The van der Waals surface area contributed by atoms with Crippen molar-refractivity contribution < 1.29 is 9.47 Å². The molecule has 1 N–H and O–H groups in total. The predicted molar refractivity (Wildman–Crippen MR) is 92.2 cm³/mol. The number of aliphatic imine (C=N–C) groups is 1. The second kappa shape index (κ2) is 6.77. The van der Waals surface area contributed by atoms with Gasteiger partial charge in [0.25, 0.3) is 0 Å². The molecule has 2 aliphatic rings. The molecule has 4 rings (SSSR count). The van der Waals surface area contributed by atoms with Crippen LogP contribution in [0.5, 0.6) is 5.75 Å². The van der Waals surface area contributed by atoms with Crippen LogP contribution in [0.4, 0.5) is 5.13 Å². The van der Waals surface area contributed by atoms with Crippen molar-refractivity contribution in [2.75, 3.05) is 24.9 Å². The Morgan fingerprint density at radius 2 is 2.43 bits per heavy atom. The Bertz CT molecular complexity index is 687. The van der Waals surface area contributed by atoms with Crippen LogP contribution in [-0.2, 0) is 4.74 Å². The average molecular weight is 348 g/mol. The molecule has 0 saturated carbocycles. The van der Waals surface area contributed by atoms with Crippen LogP contribution in [0.3, 0.4) is 0 Å². The van der Waals surface area contributed by atoms with Crippen molar-refractivity contribution >= 4 is 33.4 Å².